The van der Waals surface area contributed by atoms with Crippen molar-refractivity contribution in [2.45, 2.75) is 36.7 Å². The van der Waals surface area contributed by atoms with E-state index in [0.717, 1.165) is 12.8 Å². The molecule has 0 heterocycles. The molecule has 1 aliphatic rings. The minimum absolute atomic E-state index is 0.00761. The minimum atomic E-state index is -3.57. The zero-order valence-corrected chi connectivity index (χ0v) is 16.3. The van der Waals surface area contributed by atoms with Crippen LogP contribution in [0.5, 0.6) is 0 Å². The number of hydrogen-bond donors (Lipinski definition) is 1. The lowest BCUT2D eigenvalue weighted by Gasteiger charge is -2.25. The van der Waals surface area contributed by atoms with Crippen molar-refractivity contribution < 1.29 is 18.1 Å². The number of hydrogen-bond acceptors (Lipinski definition) is 5. The fourth-order valence-corrected chi connectivity index (χ4v) is 4.07. The fourth-order valence-electron chi connectivity index (χ4n) is 2.77. The highest BCUT2D eigenvalue weighted by atomic mass is 32.2. The molecule has 0 spiro atoms. The molecule has 1 aliphatic carbocycles. The summed E-state index contributed by atoms with van der Waals surface area (Å²) < 4.78 is 27.0. The first kappa shape index (κ1) is 20.0. The number of rotatable bonds is 7. The average Bonchev–Trinajstić information content (AvgIpc) is 3.49. The van der Waals surface area contributed by atoms with E-state index in [1.807, 2.05) is 0 Å². The van der Waals surface area contributed by atoms with Crippen LogP contribution in [-0.2, 0) is 10.0 Å². The molecule has 0 aromatic heterocycles. The number of carbonyl (C=O) groups excluding carboxylic acids is 1. The highest BCUT2D eigenvalue weighted by Crippen LogP contribution is 2.25. The summed E-state index contributed by atoms with van der Waals surface area (Å²) in [5.41, 5.74) is 0.936. The molecule has 9 heteroatoms. The van der Waals surface area contributed by atoms with E-state index in [4.69, 9.17) is 0 Å². The SMILES string of the molecule is CC(c1cccc([N+](=O)[O-])c1)N(C)C(=O)c1ccc(S(=O)(=O)NC2CC2)cc1. The van der Waals surface area contributed by atoms with Crippen LogP contribution in [0.2, 0.25) is 0 Å². The van der Waals surface area contributed by atoms with E-state index in [1.54, 1.807) is 26.1 Å². The van der Waals surface area contributed by atoms with Crippen LogP contribution < -0.4 is 4.72 Å². The number of nitro benzene ring substituents is 1. The second-order valence-corrected chi connectivity index (χ2v) is 8.58. The maximum atomic E-state index is 12.8. The Kier molecular flexibility index (Phi) is 5.48. The number of benzene rings is 2. The number of nitrogens with zero attached hydrogens (tertiary/aromatic N) is 2. The molecular formula is C19H21N3O5S. The van der Waals surface area contributed by atoms with Crippen LogP contribution in [0.3, 0.4) is 0 Å². The van der Waals surface area contributed by atoms with Gasteiger partial charge in [-0.3, -0.25) is 14.9 Å². The summed E-state index contributed by atoms with van der Waals surface area (Å²) in [6.45, 7) is 1.77. The Morgan fingerprint density at radius 2 is 1.86 bits per heavy atom. The van der Waals surface area contributed by atoms with Crippen LogP contribution in [0, 0.1) is 10.1 Å². The van der Waals surface area contributed by atoms with Crippen LogP contribution in [-0.4, -0.2) is 37.2 Å². The van der Waals surface area contributed by atoms with Crippen molar-refractivity contribution in [3.63, 3.8) is 0 Å². The maximum absolute atomic E-state index is 12.8. The largest absolute Gasteiger partial charge is 0.335 e. The lowest BCUT2D eigenvalue weighted by molar-refractivity contribution is -0.384. The summed E-state index contributed by atoms with van der Waals surface area (Å²) in [6.07, 6.45) is 1.69. The molecule has 1 fully saturated rings. The quantitative estimate of drug-likeness (QED) is 0.565. The highest BCUT2D eigenvalue weighted by molar-refractivity contribution is 7.89. The van der Waals surface area contributed by atoms with E-state index >= 15 is 0 Å². The van der Waals surface area contributed by atoms with Crippen molar-refractivity contribution >= 4 is 21.6 Å². The summed E-state index contributed by atoms with van der Waals surface area (Å²) in [5.74, 6) is -0.307. The summed E-state index contributed by atoms with van der Waals surface area (Å²) >= 11 is 0. The Labute approximate surface area is 163 Å². The monoisotopic (exact) mass is 403 g/mol. The predicted molar refractivity (Wildman–Crippen MR) is 103 cm³/mol. The van der Waals surface area contributed by atoms with Gasteiger partial charge < -0.3 is 4.90 Å². The van der Waals surface area contributed by atoms with E-state index in [0.29, 0.717) is 11.1 Å². The van der Waals surface area contributed by atoms with Crippen LogP contribution in [0.15, 0.2) is 53.4 Å². The second kappa shape index (κ2) is 7.69. The van der Waals surface area contributed by atoms with Crippen molar-refractivity contribution in [3.8, 4) is 0 Å². The topological polar surface area (TPSA) is 110 Å². The zero-order chi connectivity index (χ0) is 20.5. The Morgan fingerprint density at radius 3 is 2.43 bits per heavy atom. The predicted octanol–water partition coefficient (Wildman–Crippen LogP) is 2.87. The summed E-state index contributed by atoms with van der Waals surface area (Å²) in [4.78, 5) is 24.8. The molecule has 2 aromatic carbocycles. The number of amides is 1. The van der Waals surface area contributed by atoms with E-state index in [2.05, 4.69) is 4.72 Å². The van der Waals surface area contributed by atoms with Gasteiger partial charge in [0.15, 0.2) is 0 Å². The lowest BCUT2D eigenvalue weighted by atomic mass is 10.1. The molecule has 1 atom stereocenters. The Balaban J connectivity index is 1.75. The van der Waals surface area contributed by atoms with E-state index < -0.39 is 21.0 Å². The molecule has 8 nitrogen and oxygen atoms in total. The average molecular weight is 403 g/mol. The van der Waals surface area contributed by atoms with Gasteiger partial charge in [0.05, 0.1) is 15.9 Å². The normalized spacial score (nSPS) is 15.1. The van der Waals surface area contributed by atoms with Gasteiger partial charge in [0, 0.05) is 30.8 Å². The van der Waals surface area contributed by atoms with Gasteiger partial charge in [-0.1, -0.05) is 12.1 Å². The van der Waals surface area contributed by atoms with Gasteiger partial charge in [-0.25, -0.2) is 13.1 Å². The van der Waals surface area contributed by atoms with Crippen molar-refractivity contribution in [3.05, 3.63) is 69.8 Å². The first-order chi connectivity index (χ1) is 13.2. The van der Waals surface area contributed by atoms with Crippen molar-refractivity contribution in [1.82, 2.24) is 9.62 Å². The van der Waals surface area contributed by atoms with Gasteiger partial charge in [-0.05, 0) is 49.6 Å². The van der Waals surface area contributed by atoms with E-state index in [1.165, 1.54) is 41.3 Å². The molecule has 0 radical (unpaired) electrons. The van der Waals surface area contributed by atoms with E-state index in [9.17, 15) is 23.3 Å². The van der Waals surface area contributed by atoms with Crippen LogP contribution in [0.4, 0.5) is 5.69 Å². The molecule has 3 rings (SSSR count). The molecule has 1 unspecified atom stereocenters. The third-order valence-corrected chi connectivity index (χ3v) is 6.31. The Bertz CT molecular complexity index is 1000. The summed E-state index contributed by atoms with van der Waals surface area (Å²) in [6, 6.07) is 11.5. The molecule has 0 aliphatic heterocycles. The smallest absolute Gasteiger partial charge is 0.269 e. The van der Waals surface area contributed by atoms with Crippen LogP contribution in [0.25, 0.3) is 0 Å². The van der Waals surface area contributed by atoms with E-state index in [-0.39, 0.29) is 22.5 Å². The number of nitrogens with one attached hydrogen (secondary N) is 1. The van der Waals surface area contributed by atoms with Crippen LogP contribution in [0.1, 0.15) is 41.7 Å². The molecule has 2 aromatic rings. The number of carbonyl (C=O) groups is 1. The highest BCUT2D eigenvalue weighted by Gasteiger charge is 2.28. The number of non-ortho nitro benzene ring substituents is 1. The first-order valence-corrected chi connectivity index (χ1v) is 10.3. The molecular weight excluding hydrogens is 382 g/mol. The van der Waals surface area contributed by atoms with Gasteiger partial charge in [0.2, 0.25) is 10.0 Å². The molecule has 1 amide bonds. The molecule has 1 saturated carbocycles. The summed E-state index contributed by atoms with van der Waals surface area (Å²) in [5, 5.41) is 11.0. The second-order valence-electron chi connectivity index (χ2n) is 6.86. The third kappa shape index (κ3) is 4.37. The van der Waals surface area contributed by atoms with Crippen molar-refractivity contribution in [2.75, 3.05) is 7.05 Å². The summed E-state index contributed by atoms with van der Waals surface area (Å²) in [7, 11) is -1.97. The number of sulfonamides is 1. The van der Waals surface area contributed by atoms with Gasteiger partial charge >= 0.3 is 0 Å². The Hall–Kier alpha value is -2.78. The molecule has 1 N–H and O–H groups in total. The Morgan fingerprint density at radius 1 is 1.21 bits per heavy atom. The lowest BCUT2D eigenvalue weighted by Crippen LogP contribution is -2.30. The van der Waals surface area contributed by atoms with Crippen LogP contribution >= 0.6 is 0 Å². The molecule has 148 valence electrons. The van der Waals surface area contributed by atoms with Crippen molar-refractivity contribution in [1.29, 1.82) is 0 Å². The minimum Gasteiger partial charge on any atom is -0.335 e. The first-order valence-electron chi connectivity index (χ1n) is 8.83. The standard InChI is InChI=1S/C19H21N3O5S/c1-13(15-4-3-5-17(12-15)22(24)25)21(2)19(23)14-6-10-18(11-7-14)28(26,27)20-16-8-9-16/h3-7,10-13,16,20H,8-9H2,1-2H3. The van der Waals surface area contributed by atoms with Gasteiger partial charge in [-0.2, -0.15) is 0 Å². The third-order valence-electron chi connectivity index (χ3n) is 4.78. The van der Waals surface area contributed by atoms with Gasteiger partial charge in [0.1, 0.15) is 0 Å². The van der Waals surface area contributed by atoms with Gasteiger partial charge in [-0.15, -0.1) is 0 Å². The maximum Gasteiger partial charge on any atom is 0.269 e. The fraction of sp³-hybridized carbons (Fsp3) is 0.316. The number of nitro groups is 1. The molecule has 28 heavy (non-hydrogen) atoms. The molecule has 0 saturated heterocycles. The zero-order valence-electron chi connectivity index (χ0n) is 15.5. The van der Waals surface area contributed by atoms with Crippen molar-refractivity contribution in [2.24, 2.45) is 0 Å². The molecule has 0 bridgehead atoms. The van der Waals surface area contributed by atoms with Gasteiger partial charge in [0.25, 0.3) is 11.6 Å².